The lowest BCUT2D eigenvalue weighted by Crippen LogP contribution is -2.01. The van der Waals surface area contributed by atoms with Gasteiger partial charge in [-0.2, -0.15) is 4.37 Å². The number of aromatic nitrogens is 4. The number of anilines is 1. The van der Waals surface area contributed by atoms with E-state index in [0.29, 0.717) is 0 Å². The van der Waals surface area contributed by atoms with Crippen molar-refractivity contribution >= 4 is 29.1 Å². The molecule has 96 valence electrons. The van der Waals surface area contributed by atoms with Crippen molar-refractivity contribution in [3.8, 4) is 0 Å². The Bertz CT molecular complexity index is 552. The van der Waals surface area contributed by atoms with Crippen LogP contribution in [0.2, 0.25) is 0 Å². The van der Waals surface area contributed by atoms with Gasteiger partial charge in [-0.1, -0.05) is 6.92 Å². The molecule has 0 amide bonds. The third-order valence-electron chi connectivity index (χ3n) is 2.40. The van der Waals surface area contributed by atoms with Crippen LogP contribution in [0, 0.1) is 13.8 Å². The number of rotatable bonds is 4. The Balaban J connectivity index is 2.30. The quantitative estimate of drug-likeness (QED) is 0.869. The second-order valence-corrected chi connectivity index (χ2v) is 5.72. The molecule has 1 N–H and O–H groups in total. The first-order valence-electron chi connectivity index (χ1n) is 5.67. The highest BCUT2D eigenvalue weighted by molar-refractivity contribution is 8.00. The minimum absolute atomic E-state index is 0.757. The molecule has 0 atom stereocenters. The molecular weight excluding hydrogens is 266 g/mol. The van der Waals surface area contributed by atoms with E-state index in [1.54, 1.807) is 11.8 Å². The number of nitrogens with zero attached hydrogens (tertiary/aromatic N) is 4. The molecule has 0 aliphatic heterocycles. The van der Waals surface area contributed by atoms with E-state index < -0.39 is 0 Å². The Morgan fingerprint density at radius 1 is 1.22 bits per heavy atom. The van der Waals surface area contributed by atoms with Gasteiger partial charge in [-0.3, -0.25) is 0 Å². The Morgan fingerprint density at radius 2 is 2.00 bits per heavy atom. The minimum atomic E-state index is 0.757. The largest absolute Gasteiger partial charge is 0.373 e. The summed E-state index contributed by atoms with van der Waals surface area (Å²) in [6.07, 6.45) is 0.862. The normalized spacial score (nSPS) is 10.7. The van der Waals surface area contributed by atoms with E-state index in [9.17, 15) is 0 Å². The maximum absolute atomic E-state index is 4.46. The van der Waals surface area contributed by atoms with Crippen LogP contribution in [0.1, 0.15) is 24.1 Å². The van der Waals surface area contributed by atoms with Gasteiger partial charge in [0.2, 0.25) is 0 Å². The predicted molar refractivity (Wildman–Crippen MR) is 74.5 cm³/mol. The number of hydrogen-bond acceptors (Lipinski definition) is 7. The molecule has 0 spiro atoms. The summed E-state index contributed by atoms with van der Waals surface area (Å²) in [7, 11) is 1.86. The fourth-order valence-electron chi connectivity index (χ4n) is 1.45. The van der Waals surface area contributed by atoms with E-state index >= 15 is 0 Å². The molecule has 18 heavy (non-hydrogen) atoms. The highest BCUT2D eigenvalue weighted by Crippen LogP contribution is 2.32. The van der Waals surface area contributed by atoms with Gasteiger partial charge in [-0.05, 0) is 37.1 Å². The predicted octanol–water partition coefficient (Wildman–Crippen LogP) is 2.70. The molecular formula is C11H15N5S2. The first-order valence-corrected chi connectivity index (χ1v) is 7.26. The average Bonchev–Trinajstić information content (AvgIpc) is 2.81. The number of aryl methyl sites for hydroxylation is 2. The summed E-state index contributed by atoms with van der Waals surface area (Å²) in [6.45, 7) is 5.95. The summed E-state index contributed by atoms with van der Waals surface area (Å²) in [5, 5.41) is 4.02. The van der Waals surface area contributed by atoms with Crippen LogP contribution in [0.15, 0.2) is 9.37 Å². The summed E-state index contributed by atoms with van der Waals surface area (Å²) < 4.78 is 5.20. The maximum Gasteiger partial charge on any atom is 0.176 e. The summed E-state index contributed by atoms with van der Waals surface area (Å²) in [4.78, 5) is 13.2. The van der Waals surface area contributed by atoms with Crippen molar-refractivity contribution in [2.24, 2.45) is 0 Å². The fourth-order valence-corrected chi connectivity index (χ4v) is 3.19. The molecule has 0 aliphatic rings. The van der Waals surface area contributed by atoms with E-state index in [1.165, 1.54) is 11.5 Å². The van der Waals surface area contributed by atoms with Crippen LogP contribution in [-0.2, 0) is 6.42 Å². The van der Waals surface area contributed by atoms with E-state index in [-0.39, 0.29) is 0 Å². The van der Waals surface area contributed by atoms with E-state index in [0.717, 1.165) is 38.8 Å². The standard InChI is InChI=1S/C11H15N5S2/c1-5-8-15-11(18-16-8)17-10-6(2)9(12-4)13-7(3)14-10/h5H2,1-4H3,(H,12,13,14). The van der Waals surface area contributed by atoms with E-state index in [1.807, 2.05) is 20.9 Å². The summed E-state index contributed by atoms with van der Waals surface area (Å²) >= 11 is 2.97. The van der Waals surface area contributed by atoms with Crippen molar-refractivity contribution in [3.05, 3.63) is 17.2 Å². The van der Waals surface area contributed by atoms with E-state index in [4.69, 9.17) is 0 Å². The minimum Gasteiger partial charge on any atom is -0.373 e. The molecule has 0 bridgehead atoms. The van der Waals surface area contributed by atoms with E-state index in [2.05, 4.69) is 31.6 Å². The van der Waals surface area contributed by atoms with Crippen LogP contribution in [0.4, 0.5) is 5.82 Å². The van der Waals surface area contributed by atoms with Gasteiger partial charge in [-0.25, -0.2) is 15.0 Å². The van der Waals surface area contributed by atoms with Crippen molar-refractivity contribution in [2.75, 3.05) is 12.4 Å². The third-order valence-corrected chi connectivity index (χ3v) is 4.28. The van der Waals surface area contributed by atoms with Crippen LogP contribution < -0.4 is 5.32 Å². The second kappa shape index (κ2) is 5.62. The Hall–Kier alpha value is -1.21. The zero-order chi connectivity index (χ0) is 13.1. The smallest absolute Gasteiger partial charge is 0.176 e. The SMILES string of the molecule is CCc1nsc(Sc2nc(C)nc(NC)c2C)n1. The van der Waals surface area contributed by atoms with Gasteiger partial charge in [0.05, 0.1) is 0 Å². The van der Waals surface area contributed by atoms with Gasteiger partial charge >= 0.3 is 0 Å². The molecule has 0 saturated carbocycles. The highest BCUT2D eigenvalue weighted by Gasteiger charge is 2.12. The molecule has 7 heteroatoms. The van der Waals surface area contributed by atoms with Gasteiger partial charge < -0.3 is 5.32 Å². The number of hydrogen-bond donors (Lipinski definition) is 1. The maximum atomic E-state index is 4.46. The van der Waals surface area contributed by atoms with Crippen LogP contribution in [0.25, 0.3) is 0 Å². The van der Waals surface area contributed by atoms with Gasteiger partial charge in [0.25, 0.3) is 0 Å². The molecule has 2 aromatic heterocycles. The number of nitrogens with one attached hydrogen (secondary N) is 1. The lowest BCUT2D eigenvalue weighted by molar-refractivity contribution is 0.935. The summed E-state index contributed by atoms with van der Waals surface area (Å²) in [6, 6.07) is 0. The lowest BCUT2D eigenvalue weighted by Gasteiger charge is -2.08. The van der Waals surface area contributed by atoms with Crippen molar-refractivity contribution in [2.45, 2.75) is 36.6 Å². The summed E-state index contributed by atoms with van der Waals surface area (Å²) in [5.41, 5.74) is 1.04. The van der Waals surface area contributed by atoms with Crippen LogP contribution in [0.5, 0.6) is 0 Å². The van der Waals surface area contributed by atoms with Crippen molar-refractivity contribution in [1.29, 1.82) is 0 Å². The molecule has 0 aromatic carbocycles. The zero-order valence-corrected chi connectivity index (χ0v) is 12.4. The second-order valence-electron chi connectivity index (χ2n) is 3.73. The molecule has 5 nitrogen and oxygen atoms in total. The molecule has 2 aromatic rings. The first-order chi connectivity index (χ1) is 8.63. The van der Waals surface area contributed by atoms with Crippen LogP contribution in [-0.4, -0.2) is 26.4 Å². The fraction of sp³-hybridized carbons (Fsp3) is 0.455. The average molecular weight is 281 g/mol. The molecule has 0 saturated heterocycles. The van der Waals surface area contributed by atoms with Crippen molar-refractivity contribution < 1.29 is 0 Å². The molecule has 2 rings (SSSR count). The first kappa shape index (κ1) is 13.2. The van der Waals surface area contributed by atoms with Crippen LogP contribution >= 0.6 is 23.3 Å². The van der Waals surface area contributed by atoms with Gasteiger partial charge in [0, 0.05) is 19.0 Å². The van der Waals surface area contributed by atoms with Crippen molar-refractivity contribution in [3.63, 3.8) is 0 Å². The summed E-state index contributed by atoms with van der Waals surface area (Å²) in [5.74, 6) is 2.51. The molecule has 0 radical (unpaired) electrons. The van der Waals surface area contributed by atoms with Gasteiger partial charge in [0.15, 0.2) is 4.34 Å². The Labute approximate surface area is 115 Å². The zero-order valence-electron chi connectivity index (χ0n) is 10.8. The van der Waals surface area contributed by atoms with Gasteiger partial charge in [0.1, 0.15) is 22.5 Å². The Kier molecular flexibility index (Phi) is 4.13. The van der Waals surface area contributed by atoms with Crippen molar-refractivity contribution in [1.82, 2.24) is 19.3 Å². The lowest BCUT2D eigenvalue weighted by atomic mass is 10.3. The molecule has 0 unspecified atom stereocenters. The Morgan fingerprint density at radius 3 is 2.61 bits per heavy atom. The third kappa shape index (κ3) is 2.78. The molecule has 0 fully saturated rings. The topological polar surface area (TPSA) is 63.6 Å². The molecule has 2 heterocycles. The monoisotopic (exact) mass is 281 g/mol. The molecule has 0 aliphatic carbocycles. The highest BCUT2D eigenvalue weighted by atomic mass is 32.2. The van der Waals surface area contributed by atoms with Gasteiger partial charge in [-0.15, -0.1) is 0 Å². The van der Waals surface area contributed by atoms with Crippen LogP contribution in [0.3, 0.4) is 0 Å².